The zero-order valence-corrected chi connectivity index (χ0v) is 20.4. The van der Waals surface area contributed by atoms with E-state index in [0.29, 0.717) is 31.5 Å². The van der Waals surface area contributed by atoms with E-state index in [-0.39, 0.29) is 24.1 Å². The van der Waals surface area contributed by atoms with Crippen LogP contribution in [0.15, 0.2) is 12.7 Å². The highest BCUT2D eigenvalue weighted by Crippen LogP contribution is 2.31. The molecule has 0 N–H and O–H groups in total. The molecule has 0 unspecified atom stereocenters. The Kier molecular flexibility index (Phi) is 10.8. The second-order valence-corrected chi connectivity index (χ2v) is 10.2. The molecule has 0 atom stereocenters. The van der Waals surface area contributed by atoms with Crippen molar-refractivity contribution in [2.45, 2.75) is 103 Å². The Labute approximate surface area is 200 Å². The van der Waals surface area contributed by atoms with Gasteiger partial charge in [0.25, 0.3) is 0 Å². The van der Waals surface area contributed by atoms with Gasteiger partial charge in [0, 0.05) is 24.3 Å². The highest BCUT2D eigenvalue weighted by atomic mass is 16.5. The predicted octanol–water partition coefficient (Wildman–Crippen LogP) is 5.61. The summed E-state index contributed by atoms with van der Waals surface area (Å²) < 4.78 is 16.7. The quantitative estimate of drug-likeness (QED) is 0.205. The Balaban J connectivity index is 1.26. The molecule has 33 heavy (non-hydrogen) atoms. The first kappa shape index (κ1) is 25.8. The largest absolute Gasteiger partial charge is 0.462 e. The summed E-state index contributed by atoms with van der Waals surface area (Å²) in [5.41, 5.74) is 0. The van der Waals surface area contributed by atoms with Crippen molar-refractivity contribution in [2.75, 3.05) is 13.2 Å². The van der Waals surface area contributed by atoms with E-state index in [4.69, 9.17) is 14.2 Å². The van der Waals surface area contributed by atoms with Crippen LogP contribution in [-0.4, -0.2) is 37.4 Å². The van der Waals surface area contributed by atoms with E-state index in [0.717, 1.165) is 57.3 Å². The molecule has 3 aliphatic carbocycles. The lowest BCUT2D eigenvalue weighted by molar-refractivity contribution is -0.158. The minimum absolute atomic E-state index is 0.00426. The molecule has 0 aromatic rings. The van der Waals surface area contributed by atoms with Crippen LogP contribution in [0.3, 0.4) is 0 Å². The lowest BCUT2D eigenvalue weighted by Gasteiger charge is -2.30. The van der Waals surface area contributed by atoms with Crippen LogP contribution in [0.25, 0.3) is 0 Å². The van der Waals surface area contributed by atoms with Gasteiger partial charge in [0.15, 0.2) is 0 Å². The summed E-state index contributed by atoms with van der Waals surface area (Å²) in [6.45, 7) is 6.63. The van der Waals surface area contributed by atoms with Crippen molar-refractivity contribution in [3.8, 4) is 11.8 Å². The second-order valence-electron chi connectivity index (χ2n) is 10.2. The van der Waals surface area contributed by atoms with Gasteiger partial charge in [0.2, 0.25) is 0 Å². The fourth-order valence-electron chi connectivity index (χ4n) is 5.23. The molecule has 0 aromatic carbocycles. The summed E-state index contributed by atoms with van der Waals surface area (Å²) in [6.07, 6.45) is 14.7. The molecule has 0 radical (unpaired) electrons. The summed E-state index contributed by atoms with van der Waals surface area (Å²) in [4.78, 5) is 23.7. The van der Waals surface area contributed by atoms with Crippen LogP contribution in [0.2, 0.25) is 0 Å². The number of carbonyl (C=O) groups excluding carboxylic acids is 2. The number of ether oxygens (including phenoxy) is 3. The van der Waals surface area contributed by atoms with Crippen LogP contribution in [0.5, 0.6) is 0 Å². The zero-order valence-electron chi connectivity index (χ0n) is 20.4. The molecular weight excluding hydrogens is 416 g/mol. The second kappa shape index (κ2) is 13.8. The van der Waals surface area contributed by atoms with Crippen LogP contribution < -0.4 is 0 Å². The Morgan fingerprint density at radius 2 is 1.39 bits per heavy atom. The molecule has 3 fully saturated rings. The zero-order chi connectivity index (χ0) is 23.5. The molecule has 5 heteroatoms. The van der Waals surface area contributed by atoms with Gasteiger partial charge in [-0.2, -0.15) is 0 Å². The first-order chi connectivity index (χ1) is 16.0. The van der Waals surface area contributed by atoms with Crippen LogP contribution in [-0.2, 0) is 23.8 Å². The fraction of sp³-hybridized carbons (Fsp3) is 0.786. The molecule has 5 nitrogen and oxygen atoms in total. The monoisotopic (exact) mass is 458 g/mol. The van der Waals surface area contributed by atoms with Crippen molar-refractivity contribution in [3.05, 3.63) is 12.7 Å². The minimum atomic E-state index is -0.399. The van der Waals surface area contributed by atoms with Gasteiger partial charge in [-0.3, -0.25) is 4.79 Å². The maximum atomic E-state index is 12.7. The molecular formula is C28H42O5. The molecule has 0 spiro atoms. The highest BCUT2D eigenvalue weighted by molar-refractivity contribution is 5.81. The van der Waals surface area contributed by atoms with E-state index in [2.05, 4.69) is 25.3 Å². The Bertz CT molecular complexity index is 681. The highest BCUT2D eigenvalue weighted by Gasteiger charge is 2.31. The average molecular weight is 459 g/mol. The van der Waals surface area contributed by atoms with Gasteiger partial charge < -0.3 is 14.2 Å². The maximum absolute atomic E-state index is 12.7. The van der Waals surface area contributed by atoms with Crippen LogP contribution in [0.1, 0.15) is 90.4 Å². The van der Waals surface area contributed by atoms with E-state index in [1.807, 2.05) is 0 Å². The van der Waals surface area contributed by atoms with E-state index in [1.165, 1.54) is 31.8 Å². The average Bonchev–Trinajstić information content (AvgIpc) is 2.84. The molecule has 3 saturated carbocycles. The third-order valence-corrected chi connectivity index (χ3v) is 7.53. The van der Waals surface area contributed by atoms with Gasteiger partial charge in [-0.15, -0.1) is 0 Å². The molecule has 0 heterocycles. The van der Waals surface area contributed by atoms with Crippen molar-refractivity contribution in [2.24, 2.45) is 23.7 Å². The van der Waals surface area contributed by atoms with Crippen molar-refractivity contribution in [1.29, 1.82) is 0 Å². The number of hydrogen-bond donors (Lipinski definition) is 0. The predicted molar refractivity (Wildman–Crippen MR) is 128 cm³/mol. The first-order valence-corrected chi connectivity index (χ1v) is 13.2. The number of carbonyl (C=O) groups is 2. The minimum Gasteiger partial charge on any atom is -0.462 e. The summed E-state index contributed by atoms with van der Waals surface area (Å²) >= 11 is 0. The summed E-state index contributed by atoms with van der Waals surface area (Å²) in [5, 5.41) is 0. The standard InChI is InChI=1S/C28H42O5/c1-3-27(29)32-20-4-19-31-25-17-13-24(14-18-25)28(30)33-26-15-11-23(12-16-26)10-9-22-7-5-21(2)6-8-22/h3,21-26H,1,4-8,11-20H2,2H3. The molecule has 184 valence electrons. The maximum Gasteiger partial charge on any atom is 0.330 e. The summed E-state index contributed by atoms with van der Waals surface area (Å²) in [7, 11) is 0. The van der Waals surface area contributed by atoms with Crippen LogP contribution in [0.4, 0.5) is 0 Å². The van der Waals surface area contributed by atoms with Gasteiger partial charge in [0.05, 0.1) is 25.2 Å². The fourth-order valence-corrected chi connectivity index (χ4v) is 5.23. The van der Waals surface area contributed by atoms with Crippen molar-refractivity contribution < 1.29 is 23.8 Å². The molecule has 0 bridgehead atoms. The molecule has 0 saturated heterocycles. The van der Waals surface area contributed by atoms with E-state index in [1.54, 1.807) is 0 Å². The number of rotatable bonds is 8. The summed E-state index contributed by atoms with van der Waals surface area (Å²) in [5.74, 6) is 8.65. The van der Waals surface area contributed by atoms with Crippen LogP contribution in [0, 0.1) is 35.5 Å². The molecule has 0 aliphatic heterocycles. The molecule has 0 aromatic heterocycles. The van der Waals surface area contributed by atoms with Gasteiger partial charge in [0.1, 0.15) is 6.10 Å². The summed E-state index contributed by atoms with van der Waals surface area (Å²) in [6, 6.07) is 0. The molecule has 3 rings (SSSR count). The normalized spacial score (nSPS) is 32.2. The van der Waals surface area contributed by atoms with Crippen molar-refractivity contribution in [3.63, 3.8) is 0 Å². The third kappa shape index (κ3) is 9.16. The third-order valence-electron chi connectivity index (χ3n) is 7.53. The van der Waals surface area contributed by atoms with E-state index < -0.39 is 5.97 Å². The Hall–Kier alpha value is -1.80. The number of esters is 2. The van der Waals surface area contributed by atoms with Gasteiger partial charge >= 0.3 is 11.9 Å². The van der Waals surface area contributed by atoms with Gasteiger partial charge in [-0.25, -0.2) is 4.79 Å². The van der Waals surface area contributed by atoms with Gasteiger partial charge in [-0.05, 0) is 83.0 Å². The SMILES string of the molecule is C=CC(=O)OCCCOC1CCC(C(=O)OC2CCC(C#CC3CCC(C)CC3)CC2)CC1. The lowest BCUT2D eigenvalue weighted by atomic mass is 9.82. The first-order valence-electron chi connectivity index (χ1n) is 13.2. The Morgan fingerprint density at radius 1 is 0.818 bits per heavy atom. The van der Waals surface area contributed by atoms with Crippen molar-refractivity contribution >= 4 is 11.9 Å². The Morgan fingerprint density at radius 3 is 2.00 bits per heavy atom. The smallest absolute Gasteiger partial charge is 0.330 e. The molecule has 3 aliphatic rings. The van der Waals surface area contributed by atoms with Gasteiger partial charge in [-0.1, -0.05) is 25.3 Å². The molecule has 0 amide bonds. The van der Waals surface area contributed by atoms with Crippen LogP contribution >= 0.6 is 0 Å². The van der Waals surface area contributed by atoms with E-state index in [9.17, 15) is 9.59 Å². The number of hydrogen-bond acceptors (Lipinski definition) is 5. The topological polar surface area (TPSA) is 61.8 Å². The lowest BCUT2D eigenvalue weighted by Crippen LogP contribution is -2.31. The van der Waals surface area contributed by atoms with Crippen molar-refractivity contribution in [1.82, 2.24) is 0 Å². The van der Waals surface area contributed by atoms with E-state index >= 15 is 0 Å².